The van der Waals surface area contributed by atoms with Crippen LogP contribution in [-0.2, 0) is 4.79 Å². The molecule has 2 fully saturated rings. The number of carbonyl (C=O) groups is 1. The number of phenols is 1. The SMILES string of the molecule is Cc1cc(C)c(O)c(NC(=O)C2C3CCC(C3)C2N)c1. The molecule has 0 aromatic heterocycles. The minimum absolute atomic E-state index is 0.0261. The number of amides is 1. The number of nitrogens with one attached hydrogen (secondary N) is 1. The van der Waals surface area contributed by atoms with Crippen LogP contribution in [0, 0.1) is 31.6 Å². The normalized spacial score (nSPS) is 31.6. The summed E-state index contributed by atoms with van der Waals surface area (Å²) in [5.41, 5.74) is 8.49. The Morgan fingerprint density at radius 1 is 1.30 bits per heavy atom. The fourth-order valence-corrected chi connectivity index (χ4v) is 4.00. The molecule has 0 aliphatic heterocycles. The van der Waals surface area contributed by atoms with Crippen molar-refractivity contribution in [2.24, 2.45) is 23.5 Å². The summed E-state index contributed by atoms with van der Waals surface area (Å²) >= 11 is 0. The summed E-state index contributed by atoms with van der Waals surface area (Å²) in [5.74, 6) is 0.936. The van der Waals surface area contributed by atoms with Crippen molar-refractivity contribution >= 4 is 11.6 Å². The summed E-state index contributed by atoms with van der Waals surface area (Å²) in [6, 6.07) is 3.68. The third kappa shape index (κ3) is 2.08. The summed E-state index contributed by atoms with van der Waals surface area (Å²) in [7, 11) is 0. The van der Waals surface area contributed by atoms with Crippen molar-refractivity contribution in [1.29, 1.82) is 0 Å². The first kappa shape index (κ1) is 13.4. The van der Waals surface area contributed by atoms with Crippen LogP contribution in [0.3, 0.4) is 0 Å². The quantitative estimate of drug-likeness (QED) is 0.724. The van der Waals surface area contributed by atoms with Gasteiger partial charge in [-0.1, -0.05) is 6.07 Å². The Kier molecular flexibility index (Phi) is 3.21. The summed E-state index contributed by atoms with van der Waals surface area (Å²) in [5, 5.41) is 12.9. The van der Waals surface area contributed by atoms with E-state index in [1.807, 2.05) is 19.9 Å². The Morgan fingerprint density at radius 3 is 2.65 bits per heavy atom. The molecule has 4 N–H and O–H groups in total. The number of fused-ring (bicyclic) bond motifs is 2. The Bertz CT molecular complexity index is 554. The number of anilines is 1. The van der Waals surface area contributed by atoms with Crippen LogP contribution < -0.4 is 11.1 Å². The molecule has 20 heavy (non-hydrogen) atoms. The zero-order valence-electron chi connectivity index (χ0n) is 12.0. The van der Waals surface area contributed by atoms with Crippen molar-refractivity contribution < 1.29 is 9.90 Å². The zero-order chi connectivity index (χ0) is 14.4. The predicted octanol–water partition coefficient (Wildman–Crippen LogP) is 2.32. The van der Waals surface area contributed by atoms with Crippen LogP contribution in [0.5, 0.6) is 5.75 Å². The molecule has 0 heterocycles. The first-order chi connectivity index (χ1) is 9.47. The van der Waals surface area contributed by atoms with Crippen molar-refractivity contribution in [3.63, 3.8) is 0 Å². The highest BCUT2D eigenvalue weighted by molar-refractivity contribution is 5.95. The van der Waals surface area contributed by atoms with Crippen LogP contribution in [0.1, 0.15) is 30.4 Å². The molecular formula is C16H22N2O2. The topological polar surface area (TPSA) is 75.3 Å². The lowest BCUT2D eigenvalue weighted by atomic mass is 9.84. The maximum absolute atomic E-state index is 12.5. The number of rotatable bonds is 2. The first-order valence-corrected chi connectivity index (χ1v) is 7.34. The smallest absolute Gasteiger partial charge is 0.229 e. The van der Waals surface area contributed by atoms with Gasteiger partial charge in [-0.3, -0.25) is 4.79 Å². The van der Waals surface area contributed by atoms with E-state index in [0.717, 1.165) is 30.4 Å². The fourth-order valence-electron chi connectivity index (χ4n) is 4.00. The Hall–Kier alpha value is -1.55. The van der Waals surface area contributed by atoms with E-state index in [1.165, 1.54) is 0 Å². The van der Waals surface area contributed by atoms with E-state index in [2.05, 4.69) is 5.32 Å². The molecule has 0 spiro atoms. The van der Waals surface area contributed by atoms with Gasteiger partial charge in [0.05, 0.1) is 11.6 Å². The number of aromatic hydroxyl groups is 1. The molecule has 0 radical (unpaired) electrons. The van der Waals surface area contributed by atoms with Gasteiger partial charge in [0.1, 0.15) is 5.75 Å². The molecule has 2 aliphatic carbocycles. The lowest BCUT2D eigenvalue weighted by Gasteiger charge is -2.27. The standard InChI is InChI=1S/C16H22N2O2/c1-8-5-9(2)15(19)12(6-8)18-16(20)13-10-3-4-11(7-10)14(13)17/h5-6,10-11,13-14,19H,3-4,7,17H2,1-2H3,(H,18,20). The van der Waals surface area contributed by atoms with Crippen LogP contribution in [0.15, 0.2) is 12.1 Å². The number of benzene rings is 1. The van der Waals surface area contributed by atoms with Crippen molar-refractivity contribution in [1.82, 2.24) is 0 Å². The summed E-state index contributed by atoms with van der Waals surface area (Å²) in [6.45, 7) is 3.78. The van der Waals surface area contributed by atoms with Gasteiger partial charge in [0.2, 0.25) is 5.91 Å². The molecule has 108 valence electrons. The van der Waals surface area contributed by atoms with Gasteiger partial charge in [-0.25, -0.2) is 0 Å². The van der Waals surface area contributed by atoms with Gasteiger partial charge >= 0.3 is 0 Å². The molecule has 0 saturated heterocycles. The van der Waals surface area contributed by atoms with Crippen LogP contribution in [-0.4, -0.2) is 17.1 Å². The second-order valence-corrected chi connectivity index (χ2v) is 6.40. The number of hydrogen-bond acceptors (Lipinski definition) is 3. The minimum Gasteiger partial charge on any atom is -0.505 e. The van der Waals surface area contributed by atoms with Crippen molar-refractivity contribution in [2.75, 3.05) is 5.32 Å². The van der Waals surface area contributed by atoms with Gasteiger partial charge < -0.3 is 16.2 Å². The Labute approximate surface area is 119 Å². The molecule has 3 rings (SSSR count). The zero-order valence-corrected chi connectivity index (χ0v) is 12.0. The highest BCUT2D eigenvalue weighted by atomic mass is 16.3. The van der Waals surface area contributed by atoms with E-state index in [4.69, 9.17) is 5.73 Å². The second kappa shape index (κ2) is 4.77. The van der Waals surface area contributed by atoms with Gasteiger partial charge in [-0.15, -0.1) is 0 Å². The number of carbonyl (C=O) groups excluding carboxylic acids is 1. The van der Waals surface area contributed by atoms with E-state index in [-0.39, 0.29) is 23.6 Å². The third-order valence-corrected chi connectivity index (χ3v) is 4.99. The van der Waals surface area contributed by atoms with E-state index >= 15 is 0 Å². The lowest BCUT2D eigenvalue weighted by molar-refractivity contribution is -0.121. The van der Waals surface area contributed by atoms with Gasteiger partial charge in [-0.05, 0) is 62.1 Å². The molecule has 1 aromatic carbocycles. The van der Waals surface area contributed by atoms with Gasteiger partial charge in [0.25, 0.3) is 0 Å². The maximum Gasteiger partial charge on any atom is 0.229 e. The Morgan fingerprint density at radius 2 is 2.00 bits per heavy atom. The summed E-state index contributed by atoms with van der Waals surface area (Å²) in [4.78, 5) is 12.5. The molecule has 4 unspecified atom stereocenters. The number of hydrogen-bond donors (Lipinski definition) is 3. The minimum atomic E-state index is -0.103. The van der Waals surface area contributed by atoms with Gasteiger partial charge in [0.15, 0.2) is 0 Å². The number of nitrogens with two attached hydrogens (primary N) is 1. The summed E-state index contributed by atoms with van der Waals surface area (Å²) in [6.07, 6.45) is 3.35. The van der Waals surface area contributed by atoms with Crippen molar-refractivity contribution in [2.45, 2.75) is 39.2 Å². The fraction of sp³-hybridized carbons (Fsp3) is 0.562. The highest BCUT2D eigenvalue weighted by Crippen LogP contribution is 2.48. The number of aryl methyl sites for hydroxylation is 2. The highest BCUT2D eigenvalue weighted by Gasteiger charge is 2.49. The van der Waals surface area contributed by atoms with Crippen LogP contribution in [0.4, 0.5) is 5.69 Å². The first-order valence-electron chi connectivity index (χ1n) is 7.34. The Balaban J connectivity index is 1.80. The predicted molar refractivity (Wildman–Crippen MR) is 78.5 cm³/mol. The maximum atomic E-state index is 12.5. The van der Waals surface area contributed by atoms with Crippen LogP contribution in [0.2, 0.25) is 0 Å². The van der Waals surface area contributed by atoms with Crippen LogP contribution >= 0.6 is 0 Å². The average Bonchev–Trinajstić information content (AvgIpc) is 2.95. The van der Waals surface area contributed by atoms with E-state index in [9.17, 15) is 9.90 Å². The monoisotopic (exact) mass is 274 g/mol. The van der Waals surface area contributed by atoms with Gasteiger partial charge in [0, 0.05) is 6.04 Å². The second-order valence-electron chi connectivity index (χ2n) is 6.40. The largest absolute Gasteiger partial charge is 0.505 e. The molecule has 2 aliphatic rings. The molecule has 4 nitrogen and oxygen atoms in total. The molecule has 1 amide bonds. The summed E-state index contributed by atoms with van der Waals surface area (Å²) < 4.78 is 0. The lowest BCUT2D eigenvalue weighted by Crippen LogP contribution is -2.42. The van der Waals surface area contributed by atoms with Gasteiger partial charge in [-0.2, -0.15) is 0 Å². The molecule has 2 bridgehead atoms. The third-order valence-electron chi connectivity index (χ3n) is 4.99. The average molecular weight is 274 g/mol. The molecular weight excluding hydrogens is 252 g/mol. The van der Waals surface area contributed by atoms with E-state index in [1.54, 1.807) is 6.07 Å². The molecule has 4 heteroatoms. The molecule has 2 saturated carbocycles. The van der Waals surface area contributed by atoms with Crippen molar-refractivity contribution in [3.8, 4) is 5.75 Å². The number of phenolic OH excluding ortho intramolecular Hbond substituents is 1. The molecule has 4 atom stereocenters. The molecule has 1 aromatic rings. The van der Waals surface area contributed by atoms with Crippen molar-refractivity contribution in [3.05, 3.63) is 23.3 Å². The van der Waals surface area contributed by atoms with Crippen LogP contribution in [0.25, 0.3) is 0 Å². The van der Waals surface area contributed by atoms with E-state index in [0.29, 0.717) is 17.5 Å². The van der Waals surface area contributed by atoms with E-state index < -0.39 is 0 Å².